The number of rotatable bonds is 5. The quantitative estimate of drug-likeness (QED) is 0.577. The van der Waals surface area contributed by atoms with Gasteiger partial charge in [-0.3, -0.25) is 4.57 Å². The second-order valence-corrected chi connectivity index (χ2v) is 8.88. The minimum absolute atomic E-state index is 0.0720. The molecule has 1 amide bonds. The van der Waals surface area contributed by atoms with Gasteiger partial charge in [0.1, 0.15) is 18.0 Å². The van der Waals surface area contributed by atoms with E-state index in [-0.39, 0.29) is 18.0 Å². The lowest BCUT2D eigenvalue weighted by molar-refractivity contribution is 0.0183. The van der Waals surface area contributed by atoms with Crippen LogP contribution >= 0.6 is 0 Å². The van der Waals surface area contributed by atoms with Gasteiger partial charge in [-0.25, -0.2) is 9.18 Å². The average Bonchev–Trinajstić information content (AvgIpc) is 3.30. The van der Waals surface area contributed by atoms with Crippen LogP contribution in [0.4, 0.5) is 9.18 Å². The molecule has 31 heavy (non-hydrogen) atoms. The van der Waals surface area contributed by atoms with E-state index in [2.05, 4.69) is 4.98 Å². The Hall–Kier alpha value is -3.09. The van der Waals surface area contributed by atoms with Crippen molar-refractivity contribution in [1.82, 2.24) is 14.5 Å². The molecule has 0 spiro atoms. The highest BCUT2D eigenvalue weighted by molar-refractivity contribution is 5.76. The highest BCUT2D eigenvalue weighted by Crippen LogP contribution is 2.26. The third-order valence-corrected chi connectivity index (χ3v) is 5.26. The number of amides is 1. The molecule has 6 nitrogen and oxygen atoms in total. The Kier molecular flexibility index (Phi) is 5.85. The number of likely N-dealkylation sites (tertiary alicyclic amines) is 1. The molecule has 1 aromatic heterocycles. The van der Waals surface area contributed by atoms with Gasteiger partial charge in [0.2, 0.25) is 0 Å². The summed E-state index contributed by atoms with van der Waals surface area (Å²) in [7, 11) is 0. The minimum Gasteiger partial charge on any atom is -0.462 e. The molecule has 1 fully saturated rings. The summed E-state index contributed by atoms with van der Waals surface area (Å²) in [6, 6.07) is 14.7. The lowest BCUT2D eigenvalue weighted by Crippen LogP contribution is -2.42. The van der Waals surface area contributed by atoms with Crippen molar-refractivity contribution in [3.05, 3.63) is 59.9 Å². The van der Waals surface area contributed by atoms with E-state index in [0.717, 1.165) is 29.4 Å². The fourth-order valence-electron chi connectivity index (χ4n) is 3.87. The van der Waals surface area contributed by atoms with Crippen molar-refractivity contribution in [2.24, 2.45) is 0 Å². The number of nitrogens with zero attached hydrogens (tertiary/aromatic N) is 3. The SMILES string of the molecule is CC(C)(C)OC(=O)N1CCC[C@H]1COc1nc2ccccc2n1Cc1cccc(F)c1. The number of benzene rings is 2. The first-order valence-corrected chi connectivity index (χ1v) is 10.6. The molecule has 7 heteroatoms. The van der Waals surface area contributed by atoms with Gasteiger partial charge in [0, 0.05) is 6.54 Å². The maximum Gasteiger partial charge on any atom is 0.410 e. The molecule has 0 saturated carbocycles. The smallest absolute Gasteiger partial charge is 0.410 e. The second-order valence-electron chi connectivity index (χ2n) is 8.88. The maximum atomic E-state index is 13.7. The van der Waals surface area contributed by atoms with Crippen LogP contribution in [-0.2, 0) is 11.3 Å². The number of carbonyl (C=O) groups is 1. The Morgan fingerprint density at radius 3 is 2.77 bits per heavy atom. The van der Waals surface area contributed by atoms with E-state index in [9.17, 15) is 9.18 Å². The van der Waals surface area contributed by atoms with Gasteiger partial charge < -0.3 is 14.4 Å². The zero-order valence-electron chi connectivity index (χ0n) is 18.2. The van der Waals surface area contributed by atoms with E-state index in [0.29, 0.717) is 25.7 Å². The predicted molar refractivity (Wildman–Crippen MR) is 117 cm³/mol. The fraction of sp³-hybridized carbons (Fsp3) is 0.417. The monoisotopic (exact) mass is 425 g/mol. The summed E-state index contributed by atoms with van der Waals surface area (Å²) in [4.78, 5) is 18.9. The van der Waals surface area contributed by atoms with Crippen LogP contribution in [0.3, 0.4) is 0 Å². The largest absolute Gasteiger partial charge is 0.462 e. The van der Waals surface area contributed by atoms with Crippen molar-refractivity contribution in [1.29, 1.82) is 0 Å². The van der Waals surface area contributed by atoms with Crippen LogP contribution in [-0.4, -0.2) is 45.3 Å². The van der Waals surface area contributed by atoms with E-state index in [4.69, 9.17) is 9.47 Å². The van der Waals surface area contributed by atoms with Crippen LogP contribution in [0.1, 0.15) is 39.2 Å². The summed E-state index contributed by atoms with van der Waals surface area (Å²) in [5.74, 6) is -0.275. The zero-order valence-corrected chi connectivity index (χ0v) is 18.2. The molecular weight excluding hydrogens is 397 g/mol. The maximum absolute atomic E-state index is 13.7. The number of para-hydroxylation sites is 2. The predicted octanol–water partition coefficient (Wildman–Crippen LogP) is 5.00. The molecule has 0 unspecified atom stereocenters. The molecule has 2 heterocycles. The van der Waals surface area contributed by atoms with Crippen LogP contribution in [0.25, 0.3) is 11.0 Å². The Morgan fingerprint density at radius 2 is 2.00 bits per heavy atom. The number of hydrogen-bond donors (Lipinski definition) is 0. The van der Waals surface area contributed by atoms with Gasteiger partial charge in [0.15, 0.2) is 0 Å². The van der Waals surface area contributed by atoms with Crippen molar-refractivity contribution in [3.8, 4) is 6.01 Å². The Balaban J connectivity index is 1.53. The molecule has 1 aliphatic heterocycles. The molecule has 1 atom stereocenters. The fourth-order valence-corrected chi connectivity index (χ4v) is 3.87. The number of fused-ring (bicyclic) bond motifs is 1. The number of imidazole rings is 1. The minimum atomic E-state index is -0.538. The lowest BCUT2D eigenvalue weighted by atomic mass is 10.2. The van der Waals surface area contributed by atoms with Gasteiger partial charge in [0.05, 0.1) is 23.6 Å². The van der Waals surface area contributed by atoms with Gasteiger partial charge in [-0.1, -0.05) is 24.3 Å². The van der Waals surface area contributed by atoms with Gasteiger partial charge >= 0.3 is 6.09 Å². The van der Waals surface area contributed by atoms with Gasteiger partial charge in [-0.05, 0) is 63.4 Å². The van der Waals surface area contributed by atoms with Crippen LogP contribution in [0.15, 0.2) is 48.5 Å². The molecule has 0 aliphatic carbocycles. The summed E-state index contributed by atoms with van der Waals surface area (Å²) < 4.78 is 27.3. The van der Waals surface area contributed by atoms with Gasteiger partial charge in [-0.15, -0.1) is 0 Å². The second kappa shape index (κ2) is 8.57. The van der Waals surface area contributed by atoms with Crippen LogP contribution in [0.2, 0.25) is 0 Å². The van der Waals surface area contributed by atoms with Crippen LogP contribution in [0.5, 0.6) is 6.01 Å². The van der Waals surface area contributed by atoms with E-state index in [1.54, 1.807) is 11.0 Å². The Morgan fingerprint density at radius 1 is 1.19 bits per heavy atom. The average molecular weight is 426 g/mol. The van der Waals surface area contributed by atoms with E-state index in [1.807, 2.05) is 55.7 Å². The van der Waals surface area contributed by atoms with E-state index >= 15 is 0 Å². The number of halogens is 1. The topological polar surface area (TPSA) is 56.6 Å². The molecule has 0 N–H and O–H groups in total. The first kappa shape index (κ1) is 21.2. The number of aromatic nitrogens is 2. The molecular formula is C24H28FN3O3. The highest BCUT2D eigenvalue weighted by Gasteiger charge is 2.33. The highest BCUT2D eigenvalue weighted by atomic mass is 19.1. The third-order valence-electron chi connectivity index (χ3n) is 5.26. The van der Waals surface area contributed by atoms with Crippen LogP contribution < -0.4 is 4.74 Å². The van der Waals surface area contributed by atoms with E-state index < -0.39 is 5.60 Å². The standard InChI is InChI=1S/C24H28FN3O3/c1-24(2,3)31-23(29)27-13-7-10-19(27)16-30-22-26-20-11-4-5-12-21(20)28(22)15-17-8-6-9-18(25)14-17/h4-6,8-9,11-12,14,19H,7,10,13,15-16H2,1-3H3/t19-/m0/s1. The third kappa shape index (κ3) is 4.98. The lowest BCUT2D eigenvalue weighted by Gasteiger charge is -2.28. The van der Waals surface area contributed by atoms with Gasteiger partial charge in [-0.2, -0.15) is 4.98 Å². The summed E-state index contributed by atoms with van der Waals surface area (Å²) in [5, 5.41) is 0. The van der Waals surface area contributed by atoms with Crippen molar-refractivity contribution >= 4 is 17.1 Å². The first-order valence-electron chi connectivity index (χ1n) is 10.6. The Labute approximate surface area is 181 Å². The van der Waals surface area contributed by atoms with Crippen molar-refractivity contribution < 1.29 is 18.7 Å². The molecule has 2 aromatic carbocycles. The molecule has 1 saturated heterocycles. The molecule has 1 aliphatic rings. The summed E-state index contributed by atoms with van der Waals surface area (Å²) in [5.41, 5.74) is 2.01. The Bertz CT molecular complexity index is 1070. The number of carbonyl (C=O) groups excluding carboxylic acids is 1. The van der Waals surface area contributed by atoms with Crippen molar-refractivity contribution in [2.45, 2.75) is 51.8 Å². The van der Waals surface area contributed by atoms with Crippen LogP contribution in [0, 0.1) is 5.82 Å². The van der Waals surface area contributed by atoms with Crippen molar-refractivity contribution in [3.63, 3.8) is 0 Å². The molecule has 0 radical (unpaired) electrons. The van der Waals surface area contributed by atoms with Gasteiger partial charge in [0.25, 0.3) is 6.01 Å². The summed E-state index contributed by atoms with van der Waals surface area (Å²) in [6.45, 7) is 7.01. The normalized spacial score (nSPS) is 16.6. The number of ether oxygens (including phenoxy) is 2. The van der Waals surface area contributed by atoms with Crippen molar-refractivity contribution in [2.75, 3.05) is 13.2 Å². The van der Waals surface area contributed by atoms with E-state index in [1.165, 1.54) is 12.1 Å². The molecule has 164 valence electrons. The first-order chi connectivity index (χ1) is 14.8. The molecule has 3 aromatic rings. The number of hydrogen-bond acceptors (Lipinski definition) is 4. The molecule has 4 rings (SSSR count). The zero-order chi connectivity index (χ0) is 22.0. The molecule has 0 bridgehead atoms. The summed E-state index contributed by atoms with van der Waals surface area (Å²) >= 11 is 0. The summed E-state index contributed by atoms with van der Waals surface area (Å²) in [6.07, 6.45) is 1.45.